The molecule has 0 radical (unpaired) electrons. The average molecular weight is 275 g/mol. The summed E-state index contributed by atoms with van der Waals surface area (Å²) < 4.78 is 0. The Morgan fingerprint density at radius 1 is 1.47 bits per heavy atom. The minimum Gasteiger partial charge on any atom is -0.367 e. The maximum atomic E-state index is 9.46. The molecular formula is C15H21N3S. The maximum Gasteiger partial charge on any atom is 0.103 e. The van der Waals surface area contributed by atoms with Crippen LogP contribution in [0, 0.1) is 11.3 Å². The van der Waals surface area contributed by atoms with Gasteiger partial charge in [-0.1, -0.05) is 6.07 Å². The zero-order valence-corrected chi connectivity index (χ0v) is 12.2. The van der Waals surface area contributed by atoms with Crippen molar-refractivity contribution in [3.63, 3.8) is 0 Å². The molecule has 3 nitrogen and oxygen atoms in total. The Labute approximate surface area is 119 Å². The van der Waals surface area contributed by atoms with Crippen molar-refractivity contribution in [1.29, 1.82) is 5.26 Å². The Morgan fingerprint density at radius 3 is 3.00 bits per heavy atom. The van der Waals surface area contributed by atoms with Crippen molar-refractivity contribution in [3.8, 4) is 6.07 Å². The van der Waals surface area contributed by atoms with Gasteiger partial charge >= 0.3 is 0 Å². The third-order valence-corrected chi connectivity index (χ3v) is 4.55. The predicted molar refractivity (Wildman–Crippen MR) is 81.6 cm³/mol. The molecule has 102 valence electrons. The summed E-state index contributed by atoms with van der Waals surface area (Å²) >= 11 is 1.64. The van der Waals surface area contributed by atoms with E-state index in [-0.39, 0.29) is 0 Å². The quantitative estimate of drug-likeness (QED) is 0.858. The topological polar surface area (TPSA) is 53.0 Å². The molecule has 4 heteroatoms. The van der Waals surface area contributed by atoms with Crippen LogP contribution < -0.4 is 10.6 Å². The van der Waals surface area contributed by atoms with Gasteiger partial charge in [-0.05, 0) is 50.6 Å². The summed E-state index contributed by atoms with van der Waals surface area (Å²) in [5.74, 6) is 0. The molecule has 19 heavy (non-hydrogen) atoms. The second-order valence-electron chi connectivity index (χ2n) is 4.89. The van der Waals surface area contributed by atoms with E-state index in [9.17, 15) is 5.26 Å². The third-order valence-electron chi connectivity index (χ3n) is 3.77. The lowest BCUT2D eigenvalue weighted by atomic mass is 9.97. The second-order valence-corrected chi connectivity index (χ2v) is 5.73. The largest absolute Gasteiger partial charge is 0.367 e. The van der Waals surface area contributed by atoms with Crippen molar-refractivity contribution in [2.75, 3.05) is 24.2 Å². The molecule has 1 atom stereocenters. The molecule has 1 aliphatic rings. The lowest BCUT2D eigenvalue weighted by molar-refractivity contribution is 0.441. The molecule has 1 aromatic rings. The number of thioether (sulfide) groups is 1. The van der Waals surface area contributed by atoms with E-state index in [0.717, 1.165) is 29.1 Å². The molecule has 0 aliphatic carbocycles. The zero-order chi connectivity index (χ0) is 13.7. The summed E-state index contributed by atoms with van der Waals surface area (Å²) in [4.78, 5) is 3.46. The first kappa shape index (κ1) is 14.2. The minimum absolute atomic E-state index is 0.489. The summed E-state index contributed by atoms with van der Waals surface area (Å²) in [6.45, 7) is 1.75. The Kier molecular flexibility index (Phi) is 5.12. The van der Waals surface area contributed by atoms with E-state index in [1.165, 1.54) is 19.3 Å². The summed E-state index contributed by atoms with van der Waals surface area (Å²) in [5, 5.41) is 9.46. The van der Waals surface area contributed by atoms with Gasteiger partial charge in [0.05, 0.1) is 11.3 Å². The lowest BCUT2D eigenvalue weighted by Crippen LogP contribution is -2.41. The molecule has 1 aliphatic heterocycles. The van der Waals surface area contributed by atoms with E-state index in [0.29, 0.717) is 12.6 Å². The number of nitriles is 1. The second kappa shape index (κ2) is 6.83. The minimum atomic E-state index is 0.489. The monoisotopic (exact) mass is 275 g/mol. The van der Waals surface area contributed by atoms with Crippen molar-refractivity contribution in [3.05, 3.63) is 23.8 Å². The highest BCUT2D eigenvalue weighted by Gasteiger charge is 2.24. The van der Waals surface area contributed by atoms with Crippen LogP contribution in [0.2, 0.25) is 0 Å². The van der Waals surface area contributed by atoms with Gasteiger partial charge in [0.15, 0.2) is 0 Å². The number of hydrogen-bond acceptors (Lipinski definition) is 4. The normalized spacial score (nSPS) is 19.2. The van der Waals surface area contributed by atoms with Crippen LogP contribution in [0.25, 0.3) is 0 Å². The van der Waals surface area contributed by atoms with Gasteiger partial charge in [-0.25, -0.2) is 0 Å². The van der Waals surface area contributed by atoms with Gasteiger partial charge < -0.3 is 10.6 Å². The van der Waals surface area contributed by atoms with Gasteiger partial charge in [0, 0.05) is 17.5 Å². The molecule has 2 rings (SSSR count). The van der Waals surface area contributed by atoms with E-state index >= 15 is 0 Å². The molecule has 0 amide bonds. The first-order valence-electron chi connectivity index (χ1n) is 6.85. The van der Waals surface area contributed by atoms with E-state index < -0.39 is 0 Å². The number of benzene rings is 1. The Morgan fingerprint density at radius 2 is 2.32 bits per heavy atom. The molecule has 1 unspecified atom stereocenters. The number of anilines is 1. The van der Waals surface area contributed by atoms with Crippen LogP contribution in [0.15, 0.2) is 23.1 Å². The standard InChI is InChI=1S/C15H21N3S/c1-19-15-7-4-6-14(13(15)11-17)18-10-3-2-5-12(18)8-9-16/h4,6-7,12H,2-3,5,8-10,16H2,1H3. The average Bonchev–Trinajstić information content (AvgIpc) is 2.47. The van der Waals surface area contributed by atoms with Gasteiger partial charge in [0.25, 0.3) is 0 Å². The number of nitrogens with two attached hydrogens (primary N) is 1. The first-order valence-corrected chi connectivity index (χ1v) is 8.08. The molecule has 0 saturated carbocycles. The molecule has 2 N–H and O–H groups in total. The summed E-state index contributed by atoms with van der Waals surface area (Å²) in [5.41, 5.74) is 7.64. The predicted octanol–water partition coefficient (Wildman–Crippen LogP) is 2.99. The fourth-order valence-electron chi connectivity index (χ4n) is 2.85. The molecular weight excluding hydrogens is 254 g/mol. The maximum absolute atomic E-state index is 9.46. The van der Waals surface area contributed by atoms with Gasteiger partial charge in [0.2, 0.25) is 0 Å². The van der Waals surface area contributed by atoms with Gasteiger partial charge in [0.1, 0.15) is 6.07 Å². The van der Waals surface area contributed by atoms with Crippen molar-refractivity contribution >= 4 is 17.4 Å². The fraction of sp³-hybridized carbons (Fsp3) is 0.533. The Bertz CT molecular complexity index is 465. The third kappa shape index (κ3) is 3.05. The van der Waals surface area contributed by atoms with Crippen LogP contribution in [-0.4, -0.2) is 25.4 Å². The number of hydrogen-bond donors (Lipinski definition) is 1. The van der Waals surface area contributed by atoms with Gasteiger partial charge in [-0.2, -0.15) is 5.26 Å². The van der Waals surface area contributed by atoms with Gasteiger partial charge in [-0.3, -0.25) is 0 Å². The highest BCUT2D eigenvalue weighted by Crippen LogP contribution is 2.33. The van der Waals surface area contributed by atoms with E-state index in [1.54, 1.807) is 11.8 Å². The summed E-state index contributed by atoms with van der Waals surface area (Å²) in [6, 6.07) is 9.02. The SMILES string of the molecule is CSc1cccc(N2CCCCC2CCN)c1C#N. The van der Waals surface area contributed by atoms with Crippen LogP contribution in [0.5, 0.6) is 0 Å². The Hall–Kier alpha value is -1.18. The zero-order valence-electron chi connectivity index (χ0n) is 11.4. The number of piperidine rings is 1. The molecule has 1 heterocycles. The lowest BCUT2D eigenvalue weighted by Gasteiger charge is -2.38. The highest BCUT2D eigenvalue weighted by molar-refractivity contribution is 7.98. The molecule has 1 fully saturated rings. The van der Waals surface area contributed by atoms with Crippen molar-refractivity contribution in [2.24, 2.45) is 5.73 Å². The Balaban J connectivity index is 2.36. The summed E-state index contributed by atoms with van der Waals surface area (Å²) in [6.07, 6.45) is 6.69. The van der Waals surface area contributed by atoms with Crippen molar-refractivity contribution in [2.45, 2.75) is 36.6 Å². The fourth-order valence-corrected chi connectivity index (χ4v) is 3.42. The molecule has 0 bridgehead atoms. The van der Waals surface area contributed by atoms with Crippen molar-refractivity contribution < 1.29 is 0 Å². The highest BCUT2D eigenvalue weighted by atomic mass is 32.2. The van der Waals surface area contributed by atoms with Crippen LogP contribution >= 0.6 is 11.8 Å². The van der Waals surface area contributed by atoms with E-state index in [1.807, 2.05) is 12.3 Å². The molecule has 0 spiro atoms. The van der Waals surface area contributed by atoms with Crippen LogP contribution in [-0.2, 0) is 0 Å². The van der Waals surface area contributed by atoms with Crippen LogP contribution in [0.3, 0.4) is 0 Å². The molecule has 0 aromatic heterocycles. The first-order chi connectivity index (χ1) is 9.31. The van der Waals surface area contributed by atoms with E-state index in [4.69, 9.17) is 5.73 Å². The van der Waals surface area contributed by atoms with Gasteiger partial charge in [-0.15, -0.1) is 11.8 Å². The van der Waals surface area contributed by atoms with Crippen molar-refractivity contribution in [1.82, 2.24) is 0 Å². The smallest absolute Gasteiger partial charge is 0.103 e. The number of nitrogens with zero attached hydrogens (tertiary/aromatic N) is 2. The van der Waals surface area contributed by atoms with Crippen LogP contribution in [0.1, 0.15) is 31.2 Å². The molecule has 1 saturated heterocycles. The molecule has 1 aromatic carbocycles. The van der Waals surface area contributed by atoms with Crippen LogP contribution in [0.4, 0.5) is 5.69 Å². The number of rotatable bonds is 4. The van der Waals surface area contributed by atoms with E-state index in [2.05, 4.69) is 23.1 Å². The summed E-state index contributed by atoms with van der Waals surface area (Å²) in [7, 11) is 0.